The molecule has 0 saturated carbocycles. The average Bonchev–Trinajstić information content (AvgIpc) is 2.54. The van der Waals surface area contributed by atoms with Crippen LogP contribution in [-0.2, 0) is 22.1 Å². The molecule has 4 nitrogen and oxygen atoms in total. The summed E-state index contributed by atoms with van der Waals surface area (Å²) in [5, 5.41) is 2.80. The highest BCUT2D eigenvalue weighted by Gasteiger charge is 2.11. The van der Waals surface area contributed by atoms with E-state index in [4.69, 9.17) is 4.74 Å². The van der Waals surface area contributed by atoms with Crippen LogP contribution in [0.2, 0.25) is 0 Å². The highest BCUT2D eigenvalue weighted by Crippen LogP contribution is 2.14. The number of carbonyl (C=O) groups excluding carboxylic acids is 1. The van der Waals surface area contributed by atoms with Crippen LogP contribution in [0.25, 0.3) is 0 Å². The Morgan fingerprint density at radius 1 is 1.17 bits per heavy atom. The van der Waals surface area contributed by atoms with Gasteiger partial charge in [0.25, 0.3) is 0 Å². The van der Waals surface area contributed by atoms with Gasteiger partial charge in [0, 0.05) is 11.4 Å². The predicted molar refractivity (Wildman–Crippen MR) is 91.9 cm³/mol. The lowest BCUT2D eigenvalue weighted by Crippen LogP contribution is -2.28. The van der Waals surface area contributed by atoms with Crippen molar-refractivity contribution in [3.8, 4) is 5.75 Å². The molecule has 0 fully saturated rings. The standard InChI is InChI=1S/C18H21NO3S/c1-3-22-16-9-6-8-15(11-16)12-19-18(20)13-23(21)17-10-5-4-7-14(17)2/h4-11H,3,12-13H2,1-2H3,(H,19,20)/t23-/m1/s1. The first-order chi connectivity index (χ1) is 11.1. The Kier molecular flexibility index (Phi) is 6.35. The molecule has 122 valence electrons. The Hall–Kier alpha value is -2.14. The van der Waals surface area contributed by atoms with Crippen LogP contribution in [0, 0.1) is 6.92 Å². The zero-order chi connectivity index (χ0) is 16.7. The molecule has 2 aromatic carbocycles. The van der Waals surface area contributed by atoms with E-state index in [9.17, 15) is 9.00 Å². The van der Waals surface area contributed by atoms with E-state index in [0.717, 1.165) is 16.9 Å². The number of nitrogens with one attached hydrogen (secondary N) is 1. The first-order valence-corrected chi connectivity index (χ1v) is 8.84. The van der Waals surface area contributed by atoms with Crippen molar-refractivity contribution in [2.24, 2.45) is 0 Å². The predicted octanol–water partition coefficient (Wildman–Crippen LogP) is 2.82. The Labute approximate surface area is 139 Å². The molecule has 1 amide bonds. The van der Waals surface area contributed by atoms with Crippen molar-refractivity contribution >= 4 is 16.7 Å². The molecule has 0 aliphatic rings. The van der Waals surface area contributed by atoms with Crippen LogP contribution < -0.4 is 10.1 Å². The van der Waals surface area contributed by atoms with Gasteiger partial charge in [0.1, 0.15) is 11.5 Å². The second kappa shape index (κ2) is 8.48. The summed E-state index contributed by atoms with van der Waals surface area (Å²) in [6, 6.07) is 15.0. The summed E-state index contributed by atoms with van der Waals surface area (Å²) in [5.41, 5.74) is 1.88. The first kappa shape index (κ1) is 17.2. The van der Waals surface area contributed by atoms with Crippen molar-refractivity contribution in [1.29, 1.82) is 0 Å². The van der Waals surface area contributed by atoms with Crippen LogP contribution >= 0.6 is 0 Å². The molecule has 0 saturated heterocycles. The minimum absolute atomic E-state index is 0.0317. The molecule has 23 heavy (non-hydrogen) atoms. The third-order valence-corrected chi connectivity index (χ3v) is 4.77. The van der Waals surface area contributed by atoms with Crippen LogP contribution in [0.3, 0.4) is 0 Å². The summed E-state index contributed by atoms with van der Waals surface area (Å²) < 4.78 is 17.7. The van der Waals surface area contributed by atoms with E-state index >= 15 is 0 Å². The number of rotatable bonds is 7. The normalized spacial score (nSPS) is 11.7. The Morgan fingerprint density at radius 3 is 2.70 bits per heavy atom. The van der Waals surface area contributed by atoms with Gasteiger partial charge in [-0.25, -0.2) is 0 Å². The van der Waals surface area contributed by atoms with E-state index in [2.05, 4.69) is 5.32 Å². The van der Waals surface area contributed by atoms with Crippen LogP contribution in [-0.4, -0.2) is 22.5 Å². The molecular weight excluding hydrogens is 310 g/mol. The van der Waals surface area contributed by atoms with Gasteiger partial charge < -0.3 is 10.1 Å². The summed E-state index contributed by atoms with van der Waals surface area (Å²) in [6.07, 6.45) is 0. The Morgan fingerprint density at radius 2 is 1.96 bits per heavy atom. The van der Waals surface area contributed by atoms with Gasteiger partial charge in [-0.15, -0.1) is 0 Å². The van der Waals surface area contributed by atoms with Gasteiger partial charge in [0.2, 0.25) is 5.91 Å². The van der Waals surface area contributed by atoms with Gasteiger partial charge in [-0.05, 0) is 43.2 Å². The van der Waals surface area contributed by atoms with E-state index in [0.29, 0.717) is 18.0 Å². The minimum atomic E-state index is -1.33. The van der Waals surface area contributed by atoms with Crippen molar-refractivity contribution in [2.75, 3.05) is 12.4 Å². The first-order valence-electron chi connectivity index (χ1n) is 7.52. The molecule has 0 heterocycles. The molecule has 1 N–H and O–H groups in total. The third-order valence-electron chi connectivity index (χ3n) is 3.30. The van der Waals surface area contributed by atoms with Crippen LogP contribution in [0.15, 0.2) is 53.4 Å². The molecule has 0 radical (unpaired) electrons. The third kappa shape index (κ3) is 5.21. The quantitative estimate of drug-likeness (QED) is 0.849. The maximum Gasteiger partial charge on any atom is 0.233 e. The molecular formula is C18H21NO3S. The molecule has 0 aliphatic carbocycles. The number of benzene rings is 2. The molecule has 2 rings (SSSR count). The van der Waals surface area contributed by atoms with Crippen molar-refractivity contribution < 1.29 is 13.7 Å². The molecule has 0 spiro atoms. The summed E-state index contributed by atoms with van der Waals surface area (Å²) in [5.74, 6) is 0.520. The van der Waals surface area contributed by atoms with Crippen LogP contribution in [0.1, 0.15) is 18.1 Å². The summed E-state index contributed by atoms with van der Waals surface area (Å²) >= 11 is 0. The molecule has 0 aliphatic heterocycles. The van der Waals surface area contributed by atoms with Gasteiger partial charge in [0.05, 0.1) is 17.4 Å². The molecule has 2 aromatic rings. The lowest BCUT2D eigenvalue weighted by molar-refractivity contribution is -0.118. The van der Waals surface area contributed by atoms with E-state index in [1.54, 1.807) is 6.07 Å². The average molecular weight is 331 g/mol. The maximum atomic E-state index is 12.3. The molecule has 0 unspecified atom stereocenters. The van der Waals surface area contributed by atoms with E-state index in [-0.39, 0.29) is 11.7 Å². The number of hydrogen-bond donors (Lipinski definition) is 1. The summed E-state index contributed by atoms with van der Waals surface area (Å²) in [7, 11) is -1.33. The number of amides is 1. The Balaban J connectivity index is 1.89. The number of ether oxygens (including phenoxy) is 1. The molecule has 1 atom stereocenters. The highest BCUT2D eigenvalue weighted by atomic mass is 32.2. The van der Waals surface area contributed by atoms with E-state index in [1.807, 2.05) is 56.3 Å². The minimum Gasteiger partial charge on any atom is -0.494 e. The smallest absolute Gasteiger partial charge is 0.233 e. The zero-order valence-corrected chi connectivity index (χ0v) is 14.2. The largest absolute Gasteiger partial charge is 0.494 e. The van der Waals surface area contributed by atoms with E-state index in [1.165, 1.54) is 0 Å². The topological polar surface area (TPSA) is 55.4 Å². The fourth-order valence-corrected chi connectivity index (χ4v) is 3.33. The molecule has 0 aromatic heterocycles. The highest BCUT2D eigenvalue weighted by molar-refractivity contribution is 7.85. The number of aryl methyl sites for hydroxylation is 1. The summed E-state index contributed by atoms with van der Waals surface area (Å²) in [4.78, 5) is 12.7. The van der Waals surface area contributed by atoms with Crippen molar-refractivity contribution in [1.82, 2.24) is 5.32 Å². The summed E-state index contributed by atoms with van der Waals surface area (Å²) in [6.45, 7) is 4.82. The van der Waals surface area contributed by atoms with Crippen molar-refractivity contribution in [3.63, 3.8) is 0 Å². The number of hydrogen-bond acceptors (Lipinski definition) is 3. The van der Waals surface area contributed by atoms with Crippen molar-refractivity contribution in [2.45, 2.75) is 25.3 Å². The van der Waals surface area contributed by atoms with Gasteiger partial charge in [-0.1, -0.05) is 30.3 Å². The van der Waals surface area contributed by atoms with Gasteiger partial charge in [-0.3, -0.25) is 9.00 Å². The van der Waals surface area contributed by atoms with Gasteiger partial charge >= 0.3 is 0 Å². The fourth-order valence-electron chi connectivity index (χ4n) is 2.17. The van der Waals surface area contributed by atoms with Gasteiger partial charge in [-0.2, -0.15) is 0 Å². The number of carbonyl (C=O) groups is 1. The van der Waals surface area contributed by atoms with Crippen LogP contribution in [0.4, 0.5) is 0 Å². The fraction of sp³-hybridized carbons (Fsp3) is 0.278. The van der Waals surface area contributed by atoms with Crippen molar-refractivity contribution in [3.05, 3.63) is 59.7 Å². The molecule has 0 bridgehead atoms. The Bertz CT molecular complexity index is 700. The SMILES string of the molecule is CCOc1cccc(CNC(=O)C[S@@](=O)c2ccccc2C)c1. The van der Waals surface area contributed by atoms with Crippen LogP contribution in [0.5, 0.6) is 5.75 Å². The zero-order valence-electron chi connectivity index (χ0n) is 13.4. The maximum absolute atomic E-state index is 12.3. The second-order valence-corrected chi connectivity index (χ2v) is 6.53. The van der Waals surface area contributed by atoms with Gasteiger partial charge in [0.15, 0.2) is 0 Å². The lowest BCUT2D eigenvalue weighted by atomic mass is 10.2. The lowest BCUT2D eigenvalue weighted by Gasteiger charge is -2.09. The second-order valence-electron chi connectivity index (χ2n) is 5.11. The monoisotopic (exact) mass is 331 g/mol. The van der Waals surface area contributed by atoms with E-state index < -0.39 is 10.8 Å². The molecule has 5 heteroatoms.